The molecule has 0 bridgehead atoms. The first-order valence-corrected chi connectivity index (χ1v) is 8.29. The zero-order chi connectivity index (χ0) is 20.9. The van der Waals surface area contributed by atoms with Crippen LogP contribution in [0.1, 0.15) is 28.4 Å². The Kier molecular flexibility index (Phi) is 6.22. The standard InChI is InChI=1S/C19H14F3N3O2S/c1-18(10-24,25-17(26)13-3-5-14(28)6-4-13)11-27-16-8-12(9-23)2-7-15(16)19(20,21)22/h2-8,28H,11H2,1H3,(H,25,26)/t18-/m0/s1. The van der Waals surface area contributed by atoms with Gasteiger partial charge >= 0.3 is 6.18 Å². The SMILES string of the molecule is C[C@](C#N)(COc1cc(C#N)ccc1C(F)(F)F)NC(=O)c1ccc(S)cc1. The minimum atomic E-state index is -4.70. The summed E-state index contributed by atoms with van der Waals surface area (Å²) in [7, 11) is 0. The third-order valence-electron chi connectivity index (χ3n) is 3.70. The van der Waals surface area contributed by atoms with Gasteiger partial charge in [0.05, 0.1) is 23.3 Å². The van der Waals surface area contributed by atoms with Gasteiger partial charge in [-0.2, -0.15) is 23.7 Å². The Morgan fingerprint density at radius 1 is 1.18 bits per heavy atom. The van der Waals surface area contributed by atoms with Crippen molar-refractivity contribution in [1.82, 2.24) is 5.32 Å². The fraction of sp³-hybridized carbons (Fsp3) is 0.211. The molecule has 9 heteroatoms. The number of nitrogens with zero attached hydrogens (tertiary/aromatic N) is 2. The molecule has 0 radical (unpaired) electrons. The van der Waals surface area contributed by atoms with Crippen LogP contribution < -0.4 is 10.1 Å². The first-order valence-electron chi connectivity index (χ1n) is 7.85. The van der Waals surface area contributed by atoms with Crippen molar-refractivity contribution in [3.05, 3.63) is 59.2 Å². The van der Waals surface area contributed by atoms with Crippen molar-refractivity contribution in [1.29, 1.82) is 10.5 Å². The van der Waals surface area contributed by atoms with E-state index in [0.717, 1.165) is 18.2 Å². The van der Waals surface area contributed by atoms with Crippen molar-refractivity contribution in [2.75, 3.05) is 6.61 Å². The number of hydrogen-bond acceptors (Lipinski definition) is 5. The van der Waals surface area contributed by atoms with Crippen molar-refractivity contribution in [3.63, 3.8) is 0 Å². The molecule has 1 amide bonds. The number of alkyl halides is 3. The molecule has 2 aromatic rings. The summed E-state index contributed by atoms with van der Waals surface area (Å²) in [5, 5.41) is 20.7. The molecule has 28 heavy (non-hydrogen) atoms. The third-order valence-corrected chi connectivity index (χ3v) is 4.00. The first kappa shape index (κ1) is 21.1. The summed E-state index contributed by atoms with van der Waals surface area (Å²) in [4.78, 5) is 12.9. The Hall–Kier alpha value is -3.17. The third kappa shape index (κ3) is 5.18. The monoisotopic (exact) mass is 405 g/mol. The van der Waals surface area contributed by atoms with E-state index in [1.54, 1.807) is 18.2 Å². The quantitative estimate of drug-likeness (QED) is 0.738. The maximum atomic E-state index is 13.1. The van der Waals surface area contributed by atoms with Gasteiger partial charge in [0.25, 0.3) is 5.91 Å². The number of hydrogen-bond donors (Lipinski definition) is 2. The van der Waals surface area contributed by atoms with Gasteiger partial charge in [0, 0.05) is 10.5 Å². The number of benzene rings is 2. The minimum Gasteiger partial charge on any atom is -0.489 e. The van der Waals surface area contributed by atoms with Crippen LogP contribution in [0.3, 0.4) is 0 Å². The molecule has 0 aliphatic heterocycles. The molecule has 0 aliphatic carbocycles. The van der Waals surface area contributed by atoms with Crippen molar-refractivity contribution < 1.29 is 22.7 Å². The summed E-state index contributed by atoms with van der Waals surface area (Å²) in [5.74, 6) is -1.19. The summed E-state index contributed by atoms with van der Waals surface area (Å²) in [6.45, 7) is 0.761. The normalized spacial score (nSPS) is 13.0. The topological polar surface area (TPSA) is 85.9 Å². The fourth-order valence-corrected chi connectivity index (χ4v) is 2.35. The van der Waals surface area contributed by atoms with Crippen LogP contribution in [-0.2, 0) is 6.18 Å². The van der Waals surface area contributed by atoms with Crippen molar-refractivity contribution in [2.45, 2.75) is 23.5 Å². The Morgan fingerprint density at radius 2 is 1.82 bits per heavy atom. The number of carbonyl (C=O) groups excluding carboxylic acids is 1. The Morgan fingerprint density at radius 3 is 2.36 bits per heavy atom. The van der Waals surface area contributed by atoms with Crippen LogP contribution in [-0.4, -0.2) is 18.1 Å². The highest BCUT2D eigenvalue weighted by atomic mass is 32.1. The van der Waals surface area contributed by atoms with Crippen molar-refractivity contribution in [3.8, 4) is 17.9 Å². The lowest BCUT2D eigenvalue weighted by atomic mass is 10.0. The second-order valence-electron chi connectivity index (χ2n) is 6.05. The lowest BCUT2D eigenvalue weighted by Crippen LogP contribution is -2.49. The van der Waals surface area contributed by atoms with E-state index in [0.29, 0.717) is 4.90 Å². The van der Waals surface area contributed by atoms with Crippen LogP contribution in [0.5, 0.6) is 5.75 Å². The van der Waals surface area contributed by atoms with Gasteiger partial charge < -0.3 is 10.1 Å². The molecule has 0 fully saturated rings. The van der Waals surface area contributed by atoms with Crippen LogP contribution in [0.2, 0.25) is 0 Å². The maximum absolute atomic E-state index is 13.1. The molecule has 2 aromatic carbocycles. The summed E-state index contributed by atoms with van der Waals surface area (Å²) in [5.41, 5.74) is -2.47. The first-order chi connectivity index (χ1) is 13.1. The number of halogens is 3. The molecule has 0 saturated carbocycles. The molecule has 0 heterocycles. The predicted octanol–water partition coefficient (Wildman–Crippen LogP) is 3.96. The van der Waals surface area contributed by atoms with Crippen molar-refractivity contribution in [2.24, 2.45) is 0 Å². The molecule has 2 rings (SSSR count). The second-order valence-corrected chi connectivity index (χ2v) is 6.57. The highest BCUT2D eigenvalue weighted by molar-refractivity contribution is 7.80. The molecule has 0 aliphatic rings. The average Bonchev–Trinajstić information content (AvgIpc) is 2.65. The summed E-state index contributed by atoms with van der Waals surface area (Å²) < 4.78 is 44.6. The van der Waals surface area contributed by atoms with Gasteiger partial charge in [0.15, 0.2) is 5.54 Å². The van der Waals surface area contributed by atoms with E-state index in [1.807, 2.05) is 6.07 Å². The molecule has 0 unspecified atom stereocenters. The van der Waals surface area contributed by atoms with E-state index in [2.05, 4.69) is 17.9 Å². The lowest BCUT2D eigenvalue weighted by Gasteiger charge is -2.24. The highest BCUT2D eigenvalue weighted by Gasteiger charge is 2.36. The number of nitriles is 2. The molecular weight excluding hydrogens is 391 g/mol. The van der Waals surface area contributed by atoms with Crippen LogP contribution in [0.15, 0.2) is 47.4 Å². The minimum absolute atomic E-state index is 0.0301. The number of carbonyl (C=O) groups is 1. The van der Waals surface area contributed by atoms with E-state index in [4.69, 9.17) is 10.00 Å². The Labute approximate surface area is 164 Å². The number of rotatable bonds is 5. The highest BCUT2D eigenvalue weighted by Crippen LogP contribution is 2.37. The Balaban J connectivity index is 2.21. The average molecular weight is 405 g/mol. The zero-order valence-electron chi connectivity index (χ0n) is 14.5. The summed E-state index contributed by atoms with van der Waals surface area (Å²) in [6.07, 6.45) is -4.70. The lowest BCUT2D eigenvalue weighted by molar-refractivity contribution is -0.139. The Bertz CT molecular complexity index is 962. The van der Waals surface area contributed by atoms with Crippen molar-refractivity contribution >= 4 is 18.5 Å². The number of ether oxygens (including phenoxy) is 1. The predicted molar refractivity (Wildman–Crippen MR) is 96.8 cm³/mol. The van der Waals surface area contributed by atoms with E-state index < -0.39 is 35.5 Å². The van der Waals surface area contributed by atoms with Gasteiger partial charge in [-0.25, -0.2) is 0 Å². The van der Waals surface area contributed by atoms with Gasteiger partial charge in [-0.1, -0.05) is 0 Å². The van der Waals surface area contributed by atoms with E-state index in [1.165, 1.54) is 19.1 Å². The fourth-order valence-electron chi connectivity index (χ4n) is 2.20. The molecule has 1 atom stereocenters. The van der Waals surface area contributed by atoms with Gasteiger partial charge in [0.1, 0.15) is 12.4 Å². The molecule has 0 spiro atoms. The van der Waals surface area contributed by atoms with Crippen LogP contribution in [0.25, 0.3) is 0 Å². The second kappa shape index (κ2) is 8.24. The molecule has 5 nitrogen and oxygen atoms in total. The number of amides is 1. The van der Waals surface area contributed by atoms with Crippen LogP contribution in [0.4, 0.5) is 13.2 Å². The number of thiol groups is 1. The van der Waals surface area contributed by atoms with E-state index in [-0.39, 0.29) is 11.1 Å². The summed E-state index contributed by atoms with van der Waals surface area (Å²) in [6, 6.07) is 12.4. The molecule has 144 valence electrons. The smallest absolute Gasteiger partial charge is 0.419 e. The van der Waals surface area contributed by atoms with Crippen LogP contribution >= 0.6 is 12.6 Å². The largest absolute Gasteiger partial charge is 0.489 e. The van der Waals surface area contributed by atoms with E-state index in [9.17, 15) is 23.2 Å². The zero-order valence-corrected chi connectivity index (χ0v) is 15.4. The maximum Gasteiger partial charge on any atom is 0.419 e. The molecule has 1 N–H and O–H groups in total. The van der Waals surface area contributed by atoms with Gasteiger partial charge in [0.2, 0.25) is 0 Å². The van der Waals surface area contributed by atoms with Gasteiger partial charge in [-0.3, -0.25) is 4.79 Å². The number of nitrogens with one attached hydrogen (secondary N) is 1. The van der Waals surface area contributed by atoms with Crippen LogP contribution in [0, 0.1) is 22.7 Å². The summed E-state index contributed by atoms with van der Waals surface area (Å²) >= 11 is 4.11. The molecule has 0 aromatic heterocycles. The van der Waals surface area contributed by atoms with E-state index >= 15 is 0 Å². The molecule has 0 saturated heterocycles. The molecular formula is C19H14F3N3O2S. The van der Waals surface area contributed by atoms with Gasteiger partial charge in [-0.05, 0) is 49.4 Å². The van der Waals surface area contributed by atoms with Gasteiger partial charge in [-0.15, -0.1) is 12.6 Å².